The summed E-state index contributed by atoms with van der Waals surface area (Å²) in [6.07, 6.45) is 3.78. The molecule has 1 fully saturated rings. The van der Waals surface area contributed by atoms with Crippen LogP contribution in [-0.4, -0.2) is 41.7 Å². The Labute approximate surface area is 126 Å². The molecule has 1 aliphatic carbocycles. The average molecular weight is 291 g/mol. The zero-order valence-corrected chi connectivity index (χ0v) is 12.9. The minimum absolute atomic E-state index is 0.0357. The number of benzene rings is 1. The van der Waals surface area contributed by atoms with Crippen molar-refractivity contribution in [3.8, 4) is 5.75 Å². The van der Waals surface area contributed by atoms with E-state index in [1.54, 1.807) is 11.9 Å². The van der Waals surface area contributed by atoms with Crippen molar-refractivity contribution < 1.29 is 14.6 Å². The van der Waals surface area contributed by atoms with Crippen LogP contribution in [0.5, 0.6) is 5.75 Å². The Hall–Kier alpha value is -1.55. The number of hydrogen-bond donors (Lipinski definition) is 1. The molecule has 2 atom stereocenters. The lowest BCUT2D eigenvalue weighted by atomic mass is 9.91. The van der Waals surface area contributed by atoms with E-state index < -0.39 is 0 Å². The second-order valence-corrected chi connectivity index (χ2v) is 5.84. The molecular weight excluding hydrogens is 266 g/mol. The first kappa shape index (κ1) is 15.8. The molecule has 116 valence electrons. The molecule has 0 aromatic heterocycles. The van der Waals surface area contributed by atoms with Gasteiger partial charge in [0.15, 0.2) is 0 Å². The number of likely N-dealkylation sites (N-methyl/N-ethyl adjacent to an activating group) is 1. The lowest BCUT2D eigenvalue weighted by Crippen LogP contribution is -2.46. The zero-order valence-electron chi connectivity index (χ0n) is 12.9. The standard InChI is InChI=1S/C17H25NO3/c1-13-6-5-7-14(12-13)21-11-10-17(20)18(2)15-8-3-4-9-16(15)19/h5-7,12,15-16,19H,3-4,8-11H2,1-2H3. The van der Waals surface area contributed by atoms with Crippen LogP contribution in [0.15, 0.2) is 24.3 Å². The number of aryl methyl sites for hydroxylation is 1. The van der Waals surface area contributed by atoms with E-state index >= 15 is 0 Å². The third-order valence-electron chi connectivity index (χ3n) is 4.16. The largest absolute Gasteiger partial charge is 0.493 e. The Bertz CT molecular complexity index is 475. The summed E-state index contributed by atoms with van der Waals surface area (Å²) in [7, 11) is 1.79. The van der Waals surface area contributed by atoms with Crippen molar-refractivity contribution in [2.24, 2.45) is 0 Å². The normalized spacial score (nSPS) is 21.9. The van der Waals surface area contributed by atoms with E-state index in [1.807, 2.05) is 31.2 Å². The highest BCUT2D eigenvalue weighted by molar-refractivity contribution is 5.76. The number of rotatable bonds is 5. The molecule has 21 heavy (non-hydrogen) atoms. The van der Waals surface area contributed by atoms with Crippen LogP contribution in [0.1, 0.15) is 37.7 Å². The predicted molar refractivity (Wildman–Crippen MR) is 82.3 cm³/mol. The smallest absolute Gasteiger partial charge is 0.226 e. The first-order valence-corrected chi connectivity index (χ1v) is 7.71. The van der Waals surface area contributed by atoms with Crippen LogP contribution >= 0.6 is 0 Å². The molecular formula is C17H25NO3. The number of amides is 1. The van der Waals surface area contributed by atoms with Crippen molar-refractivity contribution in [1.29, 1.82) is 0 Å². The van der Waals surface area contributed by atoms with Crippen LogP contribution in [0.3, 0.4) is 0 Å². The molecule has 1 aliphatic rings. The molecule has 2 rings (SSSR count). The average Bonchev–Trinajstić information content (AvgIpc) is 2.47. The molecule has 1 saturated carbocycles. The fraction of sp³-hybridized carbons (Fsp3) is 0.588. The molecule has 1 aromatic rings. The van der Waals surface area contributed by atoms with Gasteiger partial charge >= 0.3 is 0 Å². The summed E-state index contributed by atoms with van der Waals surface area (Å²) in [6, 6.07) is 7.77. The van der Waals surface area contributed by atoms with E-state index in [1.165, 1.54) is 0 Å². The summed E-state index contributed by atoms with van der Waals surface area (Å²) >= 11 is 0. The number of ether oxygens (including phenoxy) is 1. The monoisotopic (exact) mass is 291 g/mol. The van der Waals surface area contributed by atoms with Gasteiger partial charge in [0.1, 0.15) is 5.75 Å². The van der Waals surface area contributed by atoms with Crippen molar-refractivity contribution in [3.63, 3.8) is 0 Å². The highest BCUT2D eigenvalue weighted by Gasteiger charge is 2.29. The van der Waals surface area contributed by atoms with Crippen molar-refractivity contribution in [1.82, 2.24) is 4.90 Å². The maximum atomic E-state index is 12.2. The summed E-state index contributed by atoms with van der Waals surface area (Å²) in [4.78, 5) is 13.9. The van der Waals surface area contributed by atoms with Gasteiger partial charge in [-0.05, 0) is 37.5 Å². The number of hydrogen-bond acceptors (Lipinski definition) is 3. The third-order valence-corrected chi connectivity index (χ3v) is 4.16. The minimum atomic E-state index is -0.384. The van der Waals surface area contributed by atoms with E-state index in [0.29, 0.717) is 13.0 Å². The maximum absolute atomic E-state index is 12.2. The molecule has 0 aliphatic heterocycles. The summed E-state index contributed by atoms with van der Waals surface area (Å²) in [5, 5.41) is 10.00. The van der Waals surface area contributed by atoms with E-state index in [2.05, 4.69) is 0 Å². The van der Waals surface area contributed by atoms with Crippen molar-refractivity contribution >= 4 is 5.91 Å². The van der Waals surface area contributed by atoms with E-state index in [-0.39, 0.29) is 18.1 Å². The number of carbonyl (C=O) groups is 1. The maximum Gasteiger partial charge on any atom is 0.226 e. The lowest BCUT2D eigenvalue weighted by molar-refractivity contribution is -0.135. The Morgan fingerprint density at radius 1 is 1.38 bits per heavy atom. The SMILES string of the molecule is Cc1cccc(OCCC(=O)N(C)C2CCCCC2O)c1. The highest BCUT2D eigenvalue weighted by atomic mass is 16.5. The van der Waals surface area contributed by atoms with Crippen molar-refractivity contribution in [2.75, 3.05) is 13.7 Å². The summed E-state index contributed by atoms with van der Waals surface area (Å²) in [5.41, 5.74) is 1.14. The van der Waals surface area contributed by atoms with Crippen LogP contribution in [0.25, 0.3) is 0 Å². The minimum Gasteiger partial charge on any atom is -0.493 e. The number of aliphatic hydroxyl groups excluding tert-OH is 1. The van der Waals surface area contributed by atoms with Crippen LogP contribution in [0.4, 0.5) is 0 Å². The van der Waals surface area contributed by atoms with Gasteiger partial charge in [-0.3, -0.25) is 4.79 Å². The van der Waals surface area contributed by atoms with E-state index in [9.17, 15) is 9.90 Å². The lowest BCUT2D eigenvalue weighted by Gasteiger charge is -2.35. The van der Waals surface area contributed by atoms with Gasteiger partial charge < -0.3 is 14.7 Å². The quantitative estimate of drug-likeness (QED) is 0.907. The van der Waals surface area contributed by atoms with Crippen molar-refractivity contribution in [2.45, 2.75) is 51.2 Å². The number of aliphatic hydroxyl groups is 1. The van der Waals surface area contributed by atoms with Gasteiger partial charge in [-0.15, -0.1) is 0 Å². The summed E-state index contributed by atoms with van der Waals surface area (Å²) < 4.78 is 5.61. The molecule has 0 bridgehead atoms. The first-order valence-electron chi connectivity index (χ1n) is 7.71. The summed E-state index contributed by atoms with van der Waals surface area (Å²) in [5.74, 6) is 0.830. The van der Waals surface area contributed by atoms with Gasteiger partial charge in [0.25, 0.3) is 0 Å². The van der Waals surface area contributed by atoms with Crippen molar-refractivity contribution in [3.05, 3.63) is 29.8 Å². The summed E-state index contributed by atoms with van der Waals surface area (Å²) in [6.45, 7) is 2.38. The zero-order chi connectivity index (χ0) is 15.2. The van der Waals surface area contributed by atoms with Crippen LogP contribution in [0, 0.1) is 6.92 Å². The molecule has 1 aromatic carbocycles. The van der Waals surface area contributed by atoms with Gasteiger partial charge in [0.05, 0.1) is 25.2 Å². The molecule has 0 spiro atoms. The molecule has 0 radical (unpaired) electrons. The van der Waals surface area contributed by atoms with Crippen LogP contribution in [0.2, 0.25) is 0 Å². The Balaban J connectivity index is 1.78. The van der Waals surface area contributed by atoms with Gasteiger partial charge in [-0.1, -0.05) is 25.0 Å². The molecule has 2 unspecified atom stereocenters. The van der Waals surface area contributed by atoms with Gasteiger partial charge in [-0.2, -0.15) is 0 Å². The highest BCUT2D eigenvalue weighted by Crippen LogP contribution is 2.22. The van der Waals surface area contributed by atoms with Gasteiger partial charge in [0.2, 0.25) is 5.91 Å². The number of nitrogens with zero attached hydrogens (tertiary/aromatic N) is 1. The topological polar surface area (TPSA) is 49.8 Å². The third kappa shape index (κ3) is 4.46. The Morgan fingerprint density at radius 3 is 2.86 bits per heavy atom. The predicted octanol–water partition coefficient (Wildman–Crippen LogP) is 2.53. The molecule has 4 nitrogen and oxygen atoms in total. The first-order chi connectivity index (χ1) is 10.1. The van der Waals surface area contributed by atoms with Gasteiger partial charge in [0, 0.05) is 7.05 Å². The molecule has 0 saturated heterocycles. The Kier molecular flexibility index (Phi) is 5.62. The Morgan fingerprint density at radius 2 is 2.14 bits per heavy atom. The molecule has 1 amide bonds. The van der Waals surface area contributed by atoms with Crippen LogP contribution < -0.4 is 4.74 Å². The fourth-order valence-corrected chi connectivity index (χ4v) is 2.87. The van der Waals surface area contributed by atoms with E-state index in [0.717, 1.165) is 37.0 Å². The fourth-order valence-electron chi connectivity index (χ4n) is 2.87. The molecule has 1 N–H and O–H groups in total. The van der Waals surface area contributed by atoms with Crippen LogP contribution in [-0.2, 0) is 4.79 Å². The number of carbonyl (C=O) groups excluding carboxylic acids is 1. The molecule has 0 heterocycles. The van der Waals surface area contributed by atoms with E-state index in [4.69, 9.17) is 4.74 Å². The molecule has 4 heteroatoms. The van der Waals surface area contributed by atoms with Gasteiger partial charge in [-0.25, -0.2) is 0 Å². The second kappa shape index (κ2) is 7.46. The second-order valence-electron chi connectivity index (χ2n) is 5.84.